The van der Waals surface area contributed by atoms with E-state index < -0.39 is 0 Å². The first-order chi connectivity index (χ1) is 39.6. The zero-order valence-corrected chi connectivity index (χ0v) is 44.2. The van der Waals surface area contributed by atoms with Crippen molar-refractivity contribution < 1.29 is 0 Å². The Kier molecular flexibility index (Phi) is 13.8. The molecule has 13 aromatic carbocycles. The lowest BCUT2D eigenvalue weighted by atomic mass is 9.93. The maximum atomic E-state index is 2.35. The number of hydrogen-bond acceptors (Lipinski definition) is 2. The van der Waals surface area contributed by atoms with Gasteiger partial charge in [-0.15, -0.1) is 0 Å². The average molecular weight is 1020 g/mol. The predicted molar refractivity (Wildman–Crippen MR) is 339 cm³/mol. The molecule has 0 unspecified atom stereocenters. The highest BCUT2D eigenvalue weighted by Gasteiger charge is 2.17. The molecule has 378 valence electrons. The van der Waals surface area contributed by atoms with Gasteiger partial charge in [0.05, 0.1) is 0 Å². The predicted octanol–water partition coefficient (Wildman–Crippen LogP) is 22.0. The van der Waals surface area contributed by atoms with Gasteiger partial charge in [-0.25, -0.2) is 0 Å². The van der Waals surface area contributed by atoms with Gasteiger partial charge in [-0.2, -0.15) is 0 Å². The van der Waals surface area contributed by atoms with Crippen molar-refractivity contribution in [1.82, 2.24) is 0 Å². The molecule has 0 saturated carbocycles. The van der Waals surface area contributed by atoms with Gasteiger partial charge in [0, 0.05) is 34.1 Å². The van der Waals surface area contributed by atoms with Crippen LogP contribution < -0.4 is 9.80 Å². The van der Waals surface area contributed by atoms with Gasteiger partial charge in [0.15, 0.2) is 0 Å². The number of anilines is 6. The molecular formula is C78H56N2. The number of hydrogen-bond donors (Lipinski definition) is 0. The van der Waals surface area contributed by atoms with Crippen LogP contribution in [0.2, 0.25) is 0 Å². The Morgan fingerprint density at radius 3 is 0.500 bits per heavy atom. The summed E-state index contributed by atoms with van der Waals surface area (Å²) in [6, 6.07) is 123. The molecule has 0 aliphatic carbocycles. The van der Waals surface area contributed by atoms with Crippen molar-refractivity contribution in [2.45, 2.75) is 0 Å². The summed E-state index contributed by atoms with van der Waals surface area (Å²) in [5.41, 5.74) is 25.4. The molecule has 80 heavy (non-hydrogen) atoms. The second kappa shape index (κ2) is 22.6. The highest BCUT2D eigenvalue weighted by Crippen LogP contribution is 2.42. The van der Waals surface area contributed by atoms with E-state index in [2.05, 4.69) is 350 Å². The van der Waals surface area contributed by atoms with Crippen molar-refractivity contribution in [2.24, 2.45) is 0 Å². The fourth-order valence-electron chi connectivity index (χ4n) is 10.9. The van der Waals surface area contributed by atoms with E-state index in [1.54, 1.807) is 0 Å². The van der Waals surface area contributed by atoms with Crippen LogP contribution in [0.5, 0.6) is 0 Å². The minimum Gasteiger partial charge on any atom is -0.311 e. The van der Waals surface area contributed by atoms with Crippen LogP contribution >= 0.6 is 0 Å². The maximum Gasteiger partial charge on any atom is 0.0462 e. The molecule has 0 atom stereocenters. The minimum atomic E-state index is 1.07. The lowest BCUT2D eigenvalue weighted by molar-refractivity contribution is 1.28. The Bertz CT molecular complexity index is 4070. The van der Waals surface area contributed by atoms with Crippen LogP contribution in [0.4, 0.5) is 34.1 Å². The molecule has 13 rings (SSSR count). The lowest BCUT2D eigenvalue weighted by Gasteiger charge is -2.27. The van der Waals surface area contributed by atoms with Gasteiger partial charge in [0.1, 0.15) is 0 Å². The van der Waals surface area contributed by atoms with Gasteiger partial charge in [0.2, 0.25) is 0 Å². The van der Waals surface area contributed by atoms with Crippen molar-refractivity contribution in [3.63, 3.8) is 0 Å². The standard InChI is InChI=1S/C78H56N2/c1-6-17-57(18-7-1)62-29-41-73(42-30-62)79(77-49-37-66(38-50-77)69-28-16-27-68(53-69)59-21-10-3-11-22-59)75-45-33-64(34-46-75)65-35-47-76(48-36-65)80(74-43-31-63(32-44-74)58-19-8-2-9-20-58)78-51-39-67(40-52-78)72-55-70(60-23-12-4-13-24-60)54-71(56-72)61-25-14-5-15-26-61/h1-56H. The third kappa shape index (κ3) is 10.6. The summed E-state index contributed by atoms with van der Waals surface area (Å²) in [7, 11) is 0. The highest BCUT2D eigenvalue weighted by atomic mass is 15.1. The summed E-state index contributed by atoms with van der Waals surface area (Å²) in [6.45, 7) is 0. The molecule has 0 N–H and O–H groups in total. The molecule has 0 aliphatic heterocycles. The van der Waals surface area contributed by atoms with E-state index >= 15 is 0 Å². The molecular weight excluding hydrogens is 965 g/mol. The average Bonchev–Trinajstić information content (AvgIpc) is 3.56. The van der Waals surface area contributed by atoms with Gasteiger partial charge in [0.25, 0.3) is 0 Å². The number of benzene rings is 13. The molecule has 0 heterocycles. The van der Waals surface area contributed by atoms with E-state index in [4.69, 9.17) is 0 Å². The van der Waals surface area contributed by atoms with Gasteiger partial charge in [-0.1, -0.05) is 243 Å². The molecule has 0 fully saturated rings. The molecule has 0 aliphatic rings. The van der Waals surface area contributed by atoms with Gasteiger partial charge in [-0.3, -0.25) is 0 Å². The smallest absolute Gasteiger partial charge is 0.0462 e. The first kappa shape index (κ1) is 49.1. The third-order valence-electron chi connectivity index (χ3n) is 15.1. The highest BCUT2D eigenvalue weighted by molar-refractivity contribution is 5.86. The van der Waals surface area contributed by atoms with Crippen molar-refractivity contribution >= 4 is 34.1 Å². The van der Waals surface area contributed by atoms with E-state index in [9.17, 15) is 0 Å². The van der Waals surface area contributed by atoms with E-state index in [0.717, 1.165) is 50.8 Å². The SMILES string of the molecule is c1ccc(-c2ccc(N(c3ccc(-c4ccc(N(c5ccc(-c6ccccc6)cc5)c5ccc(-c6cc(-c7ccccc7)cc(-c7ccccc7)c6)cc5)cc4)cc3)c3ccc(-c4cccc(-c5ccccc5)c4)cc3)cc2)cc1. The third-order valence-corrected chi connectivity index (χ3v) is 15.1. The molecule has 0 spiro atoms. The quantitative estimate of drug-likeness (QED) is 0.107. The summed E-state index contributed by atoms with van der Waals surface area (Å²) >= 11 is 0. The van der Waals surface area contributed by atoms with Crippen LogP contribution in [0.1, 0.15) is 0 Å². The Labute approximate surface area is 470 Å². The minimum absolute atomic E-state index is 1.07. The molecule has 0 aromatic heterocycles. The van der Waals surface area contributed by atoms with Crippen LogP contribution in [0.25, 0.3) is 89.0 Å². The van der Waals surface area contributed by atoms with Crippen LogP contribution in [-0.4, -0.2) is 0 Å². The van der Waals surface area contributed by atoms with Gasteiger partial charge in [-0.05, 0) is 186 Å². The zero-order valence-electron chi connectivity index (χ0n) is 44.2. The monoisotopic (exact) mass is 1020 g/mol. The Balaban J connectivity index is 0.818. The summed E-state index contributed by atoms with van der Waals surface area (Å²) in [5.74, 6) is 0. The van der Waals surface area contributed by atoms with Crippen molar-refractivity contribution in [2.75, 3.05) is 9.80 Å². The molecule has 0 amide bonds. The molecule has 0 saturated heterocycles. The van der Waals surface area contributed by atoms with Crippen LogP contribution in [0.15, 0.2) is 340 Å². The Hall–Kier alpha value is -10.5. The van der Waals surface area contributed by atoms with Gasteiger partial charge >= 0.3 is 0 Å². The zero-order chi connectivity index (χ0) is 53.5. The fraction of sp³-hybridized carbons (Fsp3) is 0. The van der Waals surface area contributed by atoms with Crippen LogP contribution in [0, 0.1) is 0 Å². The molecule has 0 bridgehead atoms. The molecule has 0 radical (unpaired) electrons. The van der Waals surface area contributed by atoms with E-state index in [1.165, 1.54) is 72.3 Å². The van der Waals surface area contributed by atoms with Crippen LogP contribution in [-0.2, 0) is 0 Å². The van der Waals surface area contributed by atoms with E-state index in [0.29, 0.717) is 0 Å². The van der Waals surface area contributed by atoms with Crippen molar-refractivity contribution in [3.05, 3.63) is 340 Å². The first-order valence-electron chi connectivity index (χ1n) is 27.4. The van der Waals surface area contributed by atoms with E-state index in [1.807, 2.05) is 0 Å². The van der Waals surface area contributed by atoms with E-state index in [-0.39, 0.29) is 0 Å². The second-order valence-corrected chi connectivity index (χ2v) is 20.2. The fourth-order valence-corrected chi connectivity index (χ4v) is 10.9. The Morgan fingerprint density at radius 1 is 0.113 bits per heavy atom. The second-order valence-electron chi connectivity index (χ2n) is 20.2. The normalized spacial score (nSPS) is 11.0. The Morgan fingerprint density at radius 2 is 0.263 bits per heavy atom. The summed E-state index contributed by atoms with van der Waals surface area (Å²) < 4.78 is 0. The molecule has 2 nitrogen and oxygen atoms in total. The lowest BCUT2D eigenvalue weighted by Crippen LogP contribution is -2.10. The number of rotatable bonds is 14. The van der Waals surface area contributed by atoms with Crippen molar-refractivity contribution in [1.29, 1.82) is 0 Å². The topological polar surface area (TPSA) is 6.48 Å². The van der Waals surface area contributed by atoms with Crippen molar-refractivity contribution in [3.8, 4) is 89.0 Å². The maximum absolute atomic E-state index is 2.35. The largest absolute Gasteiger partial charge is 0.311 e. The van der Waals surface area contributed by atoms with Crippen LogP contribution in [0.3, 0.4) is 0 Å². The summed E-state index contributed by atoms with van der Waals surface area (Å²) in [6.07, 6.45) is 0. The summed E-state index contributed by atoms with van der Waals surface area (Å²) in [4.78, 5) is 4.70. The molecule has 13 aromatic rings. The van der Waals surface area contributed by atoms with Gasteiger partial charge < -0.3 is 9.80 Å². The summed E-state index contributed by atoms with van der Waals surface area (Å²) in [5, 5.41) is 0. The number of nitrogens with zero attached hydrogens (tertiary/aromatic N) is 2. The molecule has 2 heteroatoms. The first-order valence-corrected chi connectivity index (χ1v) is 27.4.